The van der Waals surface area contributed by atoms with Gasteiger partial charge in [0.15, 0.2) is 5.11 Å². The summed E-state index contributed by atoms with van der Waals surface area (Å²) in [5, 5.41) is 12.3. The van der Waals surface area contributed by atoms with E-state index in [0.717, 1.165) is 34.9 Å². The van der Waals surface area contributed by atoms with E-state index in [1.165, 1.54) is 5.56 Å². The first-order chi connectivity index (χ1) is 12.4. The highest BCUT2D eigenvalue weighted by Gasteiger charge is 2.13. The van der Waals surface area contributed by atoms with Gasteiger partial charge >= 0.3 is 0 Å². The van der Waals surface area contributed by atoms with Crippen LogP contribution in [0.15, 0.2) is 48.5 Å². The van der Waals surface area contributed by atoms with Gasteiger partial charge in [0.05, 0.1) is 23.6 Å². The predicted octanol–water partition coefficient (Wildman–Crippen LogP) is 5.32. The lowest BCUT2D eigenvalue weighted by molar-refractivity contribution is 0.659. The van der Waals surface area contributed by atoms with Crippen molar-refractivity contribution in [1.82, 2.24) is 9.78 Å². The zero-order valence-corrected chi connectivity index (χ0v) is 16.6. The molecule has 0 amide bonds. The molecule has 3 rings (SSSR count). The van der Waals surface area contributed by atoms with Crippen molar-refractivity contribution < 1.29 is 0 Å². The van der Waals surface area contributed by atoms with Crippen molar-refractivity contribution in [2.24, 2.45) is 0 Å². The van der Waals surface area contributed by atoms with Crippen molar-refractivity contribution >= 4 is 40.3 Å². The monoisotopic (exact) mass is 384 g/mol. The second kappa shape index (κ2) is 7.89. The van der Waals surface area contributed by atoms with Crippen LogP contribution in [0.4, 0.5) is 11.4 Å². The van der Waals surface area contributed by atoms with E-state index < -0.39 is 0 Å². The lowest BCUT2D eigenvalue weighted by Gasteiger charge is -2.13. The molecule has 134 valence electrons. The Hall–Kier alpha value is -2.37. The largest absolute Gasteiger partial charge is 0.332 e. The maximum absolute atomic E-state index is 6.07. The van der Waals surface area contributed by atoms with Gasteiger partial charge in [0.2, 0.25) is 0 Å². The van der Waals surface area contributed by atoms with Crippen LogP contribution in [0.3, 0.4) is 0 Å². The van der Waals surface area contributed by atoms with E-state index in [4.69, 9.17) is 23.8 Å². The molecule has 6 heteroatoms. The van der Waals surface area contributed by atoms with Crippen LogP contribution < -0.4 is 10.6 Å². The standard InChI is InChI=1S/C20H21ClN4S/c1-13-9-10-17(21)11-18(13)22-20(26)23-19-14(2)24-25(15(19)3)12-16-7-5-4-6-8-16/h4-11H,12H2,1-3H3,(H2,22,23,26). The summed E-state index contributed by atoms with van der Waals surface area (Å²) in [6.07, 6.45) is 0. The van der Waals surface area contributed by atoms with Crippen LogP contribution >= 0.6 is 23.8 Å². The van der Waals surface area contributed by atoms with Gasteiger partial charge in [-0.2, -0.15) is 5.10 Å². The Morgan fingerprint density at radius 2 is 1.81 bits per heavy atom. The highest BCUT2D eigenvalue weighted by atomic mass is 35.5. The minimum absolute atomic E-state index is 0.515. The molecule has 0 aliphatic carbocycles. The van der Waals surface area contributed by atoms with Crippen LogP contribution in [0.25, 0.3) is 0 Å². The van der Waals surface area contributed by atoms with Gasteiger partial charge in [-0.15, -0.1) is 0 Å². The molecule has 0 bridgehead atoms. The van der Waals surface area contributed by atoms with E-state index >= 15 is 0 Å². The van der Waals surface area contributed by atoms with Crippen LogP contribution in [-0.2, 0) is 6.54 Å². The summed E-state index contributed by atoms with van der Waals surface area (Å²) in [4.78, 5) is 0. The minimum Gasteiger partial charge on any atom is -0.332 e. The summed E-state index contributed by atoms with van der Waals surface area (Å²) in [6.45, 7) is 6.75. The summed E-state index contributed by atoms with van der Waals surface area (Å²) in [7, 11) is 0. The number of aromatic nitrogens is 2. The van der Waals surface area contributed by atoms with Gasteiger partial charge in [0.25, 0.3) is 0 Å². The van der Waals surface area contributed by atoms with Gasteiger partial charge in [-0.3, -0.25) is 4.68 Å². The summed E-state index contributed by atoms with van der Waals surface area (Å²) in [5.74, 6) is 0. The summed E-state index contributed by atoms with van der Waals surface area (Å²) in [5.41, 5.74) is 6.05. The fraction of sp³-hybridized carbons (Fsp3) is 0.200. The first-order valence-corrected chi connectivity index (χ1v) is 9.15. The van der Waals surface area contributed by atoms with Crippen LogP contribution in [0, 0.1) is 20.8 Å². The first-order valence-electron chi connectivity index (χ1n) is 8.36. The van der Waals surface area contributed by atoms with Crippen molar-refractivity contribution in [1.29, 1.82) is 0 Å². The van der Waals surface area contributed by atoms with E-state index in [1.54, 1.807) is 0 Å². The van der Waals surface area contributed by atoms with E-state index in [0.29, 0.717) is 10.1 Å². The van der Waals surface area contributed by atoms with Crippen LogP contribution in [0.2, 0.25) is 5.02 Å². The number of thiocarbonyl (C=S) groups is 1. The van der Waals surface area contributed by atoms with Crippen LogP contribution in [-0.4, -0.2) is 14.9 Å². The van der Waals surface area contributed by atoms with E-state index in [2.05, 4.69) is 27.9 Å². The molecule has 0 saturated carbocycles. The van der Waals surface area contributed by atoms with Crippen LogP contribution in [0.1, 0.15) is 22.5 Å². The molecule has 2 aromatic carbocycles. The molecule has 2 N–H and O–H groups in total. The number of anilines is 2. The van der Waals surface area contributed by atoms with Crippen molar-refractivity contribution in [3.05, 3.63) is 76.1 Å². The number of hydrogen-bond donors (Lipinski definition) is 2. The Morgan fingerprint density at radius 1 is 1.08 bits per heavy atom. The number of benzene rings is 2. The molecule has 0 atom stereocenters. The van der Waals surface area contributed by atoms with Crippen molar-refractivity contribution in [3.63, 3.8) is 0 Å². The predicted molar refractivity (Wildman–Crippen MR) is 113 cm³/mol. The summed E-state index contributed by atoms with van der Waals surface area (Å²) >= 11 is 11.6. The normalized spacial score (nSPS) is 10.6. The maximum Gasteiger partial charge on any atom is 0.175 e. The average molecular weight is 385 g/mol. The third-order valence-corrected chi connectivity index (χ3v) is 4.68. The number of nitrogens with zero attached hydrogens (tertiary/aromatic N) is 2. The Labute approximate surface area is 164 Å². The molecule has 1 heterocycles. The molecule has 0 radical (unpaired) electrons. The highest BCUT2D eigenvalue weighted by molar-refractivity contribution is 7.80. The number of halogens is 1. The summed E-state index contributed by atoms with van der Waals surface area (Å²) in [6, 6.07) is 16.0. The number of rotatable bonds is 4. The SMILES string of the molecule is Cc1ccc(Cl)cc1NC(=S)Nc1c(C)nn(Cc2ccccc2)c1C. The van der Waals surface area contributed by atoms with Gasteiger partial charge < -0.3 is 10.6 Å². The third-order valence-electron chi connectivity index (χ3n) is 4.24. The van der Waals surface area contributed by atoms with E-state index in [9.17, 15) is 0 Å². The van der Waals surface area contributed by atoms with Crippen LogP contribution in [0.5, 0.6) is 0 Å². The second-order valence-electron chi connectivity index (χ2n) is 6.23. The Morgan fingerprint density at radius 3 is 2.54 bits per heavy atom. The van der Waals surface area contributed by atoms with Crippen molar-refractivity contribution in [2.75, 3.05) is 10.6 Å². The maximum atomic E-state index is 6.07. The smallest absolute Gasteiger partial charge is 0.175 e. The number of hydrogen-bond acceptors (Lipinski definition) is 2. The molecule has 26 heavy (non-hydrogen) atoms. The lowest BCUT2D eigenvalue weighted by atomic mass is 10.2. The summed E-state index contributed by atoms with van der Waals surface area (Å²) < 4.78 is 1.99. The molecule has 0 unspecified atom stereocenters. The molecule has 0 fully saturated rings. The number of aryl methyl sites for hydroxylation is 2. The number of nitrogens with one attached hydrogen (secondary N) is 2. The second-order valence-corrected chi connectivity index (χ2v) is 7.07. The van der Waals surface area contributed by atoms with Crippen molar-refractivity contribution in [2.45, 2.75) is 27.3 Å². The zero-order chi connectivity index (χ0) is 18.7. The molecular weight excluding hydrogens is 364 g/mol. The molecular formula is C20H21ClN4S. The van der Waals surface area contributed by atoms with Gasteiger partial charge in [-0.25, -0.2) is 0 Å². The lowest BCUT2D eigenvalue weighted by Crippen LogP contribution is -2.20. The molecule has 4 nitrogen and oxygen atoms in total. The topological polar surface area (TPSA) is 41.9 Å². The van der Waals surface area contributed by atoms with Gasteiger partial charge in [-0.1, -0.05) is 48.0 Å². The minimum atomic E-state index is 0.515. The molecule has 1 aromatic heterocycles. The quantitative estimate of drug-likeness (QED) is 0.597. The highest BCUT2D eigenvalue weighted by Crippen LogP contribution is 2.23. The van der Waals surface area contributed by atoms with E-state index in [1.807, 2.05) is 61.9 Å². The third kappa shape index (κ3) is 4.23. The molecule has 0 saturated heterocycles. The average Bonchev–Trinajstić information content (AvgIpc) is 2.86. The van der Waals surface area contributed by atoms with Gasteiger partial charge in [-0.05, 0) is 56.2 Å². The Bertz CT molecular complexity index is 934. The Kier molecular flexibility index (Phi) is 5.59. The van der Waals surface area contributed by atoms with Gasteiger partial charge in [0.1, 0.15) is 0 Å². The fourth-order valence-corrected chi connectivity index (χ4v) is 3.17. The van der Waals surface area contributed by atoms with Gasteiger partial charge in [0, 0.05) is 10.7 Å². The fourth-order valence-electron chi connectivity index (χ4n) is 2.78. The molecule has 3 aromatic rings. The molecule has 0 aliphatic rings. The zero-order valence-electron chi connectivity index (χ0n) is 15.0. The Balaban J connectivity index is 1.75. The first kappa shape index (κ1) is 18.4. The van der Waals surface area contributed by atoms with E-state index in [-0.39, 0.29) is 0 Å². The van der Waals surface area contributed by atoms with Crippen molar-refractivity contribution in [3.8, 4) is 0 Å². The molecule has 0 spiro atoms. The molecule has 0 aliphatic heterocycles.